The zero-order chi connectivity index (χ0) is 14.9. The standard InChI is InChI=1S/C16H20N4O/c17-16(20-21)15-11-14(8-10-19-15)12-18-9-4-7-13-5-2-1-3-6-13/h1-3,5-6,8,10-11,18,21H,4,7,9,12H2,(H2,17,20). The molecular formula is C16H20N4O. The summed E-state index contributed by atoms with van der Waals surface area (Å²) < 4.78 is 0. The van der Waals surface area contributed by atoms with Gasteiger partial charge in [-0.15, -0.1) is 0 Å². The highest BCUT2D eigenvalue weighted by atomic mass is 16.4. The normalized spacial score (nSPS) is 11.5. The maximum atomic E-state index is 8.64. The molecule has 0 unspecified atom stereocenters. The molecule has 0 aliphatic rings. The summed E-state index contributed by atoms with van der Waals surface area (Å²) in [4.78, 5) is 4.05. The van der Waals surface area contributed by atoms with E-state index in [4.69, 9.17) is 10.9 Å². The molecule has 0 bridgehead atoms. The second-order valence-electron chi connectivity index (χ2n) is 4.80. The Kier molecular flexibility index (Phi) is 5.72. The fourth-order valence-corrected chi connectivity index (χ4v) is 2.07. The van der Waals surface area contributed by atoms with Crippen LogP contribution in [0.15, 0.2) is 53.8 Å². The smallest absolute Gasteiger partial charge is 0.188 e. The lowest BCUT2D eigenvalue weighted by atomic mass is 10.1. The number of nitrogens with zero attached hydrogens (tertiary/aromatic N) is 2. The summed E-state index contributed by atoms with van der Waals surface area (Å²) in [5.41, 5.74) is 8.43. The van der Waals surface area contributed by atoms with Crippen LogP contribution < -0.4 is 11.1 Å². The van der Waals surface area contributed by atoms with Crippen molar-refractivity contribution in [2.45, 2.75) is 19.4 Å². The molecule has 0 saturated carbocycles. The van der Waals surface area contributed by atoms with Crippen LogP contribution in [0.3, 0.4) is 0 Å². The Bertz CT molecular complexity index is 584. The molecule has 2 aromatic rings. The third-order valence-corrected chi connectivity index (χ3v) is 3.19. The molecule has 0 aliphatic heterocycles. The molecule has 0 fully saturated rings. The Morgan fingerprint density at radius 2 is 2.00 bits per heavy atom. The van der Waals surface area contributed by atoms with Crippen LogP contribution >= 0.6 is 0 Å². The Hall–Kier alpha value is -2.40. The topological polar surface area (TPSA) is 83.5 Å². The maximum Gasteiger partial charge on any atom is 0.188 e. The van der Waals surface area contributed by atoms with Crippen LogP contribution in [-0.2, 0) is 13.0 Å². The van der Waals surface area contributed by atoms with Crippen LogP contribution in [0.25, 0.3) is 0 Å². The molecule has 4 N–H and O–H groups in total. The van der Waals surface area contributed by atoms with Crippen molar-refractivity contribution in [1.29, 1.82) is 0 Å². The number of amidine groups is 1. The van der Waals surface area contributed by atoms with E-state index in [9.17, 15) is 0 Å². The van der Waals surface area contributed by atoms with Gasteiger partial charge < -0.3 is 16.3 Å². The first-order chi connectivity index (χ1) is 10.3. The van der Waals surface area contributed by atoms with Crippen molar-refractivity contribution in [3.05, 3.63) is 65.5 Å². The van der Waals surface area contributed by atoms with Gasteiger partial charge >= 0.3 is 0 Å². The zero-order valence-electron chi connectivity index (χ0n) is 11.9. The Balaban J connectivity index is 1.74. The molecule has 0 aliphatic carbocycles. The fourth-order valence-electron chi connectivity index (χ4n) is 2.07. The lowest BCUT2D eigenvalue weighted by Crippen LogP contribution is -2.18. The van der Waals surface area contributed by atoms with E-state index in [-0.39, 0.29) is 5.84 Å². The van der Waals surface area contributed by atoms with E-state index in [2.05, 4.69) is 39.7 Å². The van der Waals surface area contributed by atoms with E-state index in [1.165, 1.54) is 5.56 Å². The second-order valence-corrected chi connectivity index (χ2v) is 4.80. The van der Waals surface area contributed by atoms with Gasteiger partial charge in [-0.25, -0.2) is 0 Å². The summed E-state index contributed by atoms with van der Waals surface area (Å²) in [6, 6.07) is 14.2. The van der Waals surface area contributed by atoms with Crippen molar-refractivity contribution in [3.8, 4) is 0 Å². The van der Waals surface area contributed by atoms with Crippen LogP contribution in [0.5, 0.6) is 0 Å². The molecule has 0 radical (unpaired) electrons. The van der Waals surface area contributed by atoms with Crippen molar-refractivity contribution < 1.29 is 5.21 Å². The highest BCUT2D eigenvalue weighted by molar-refractivity contribution is 5.95. The number of rotatable bonds is 7. The second kappa shape index (κ2) is 8.01. The third kappa shape index (κ3) is 4.89. The minimum Gasteiger partial charge on any atom is -0.409 e. The molecule has 1 aromatic carbocycles. The number of aromatic nitrogens is 1. The molecular weight excluding hydrogens is 264 g/mol. The van der Waals surface area contributed by atoms with Crippen LogP contribution in [0.2, 0.25) is 0 Å². The van der Waals surface area contributed by atoms with Crippen LogP contribution in [0, 0.1) is 0 Å². The van der Waals surface area contributed by atoms with Crippen molar-refractivity contribution in [2.24, 2.45) is 10.9 Å². The van der Waals surface area contributed by atoms with Gasteiger partial charge in [-0.3, -0.25) is 4.98 Å². The van der Waals surface area contributed by atoms with Gasteiger partial charge in [0.1, 0.15) is 5.69 Å². The lowest BCUT2D eigenvalue weighted by Gasteiger charge is -2.06. The third-order valence-electron chi connectivity index (χ3n) is 3.19. The first kappa shape index (κ1) is 15.0. The van der Waals surface area contributed by atoms with Crippen molar-refractivity contribution in [2.75, 3.05) is 6.54 Å². The SMILES string of the molecule is NC(=NO)c1cc(CNCCCc2ccccc2)ccn1. The fraction of sp³-hybridized carbons (Fsp3) is 0.250. The number of pyridine rings is 1. The average Bonchev–Trinajstić information content (AvgIpc) is 2.55. The molecule has 21 heavy (non-hydrogen) atoms. The molecule has 0 amide bonds. The van der Waals surface area contributed by atoms with Gasteiger partial charge in [-0.2, -0.15) is 0 Å². The van der Waals surface area contributed by atoms with Gasteiger partial charge in [-0.1, -0.05) is 35.5 Å². The summed E-state index contributed by atoms with van der Waals surface area (Å²) in [5, 5.41) is 15.0. The minimum atomic E-state index is 0.0286. The maximum absolute atomic E-state index is 8.64. The van der Waals surface area contributed by atoms with Gasteiger partial charge in [0.15, 0.2) is 5.84 Å². The highest BCUT2D eigenvalue weighted by Crippen LogP contribution is 2.03. The van der Waals surface area contributed by atoms with Crippen LogP contribution in [0.1, 0.15) is 23.2 Å². The zero-order valence-corrected chi connectivity index (χ0v) is 11.9. The van der Waals surface area contributed by atoms with E-state index in [1.54, 1.807) is 6.20 Å². The quantitative estimate of drug-likeness (QED) is 0.238. The number of hydrogen-bond donors (Lipinski definition) is 3. The number of nitrogens with two attached hydrogens (primary N) is 1. The molecule has 1 aromatic heterocycles. The van der Waals surface area contributed by atoms with E-state index in [0.29, 0.717) is 5.69 Å². The van der Waals surface area contributed by atoms with E-state index in [1.807, 2.05) is 18.2 Å². The summed E-state index contributed by atoms with van der Waals surface area (Å²) >= 11 is 0. The van der Waals surface area contributed by atoms with Gasteiger partial charge in [-0.05, 0) is 42.6 Å². The molecule has 110 valence electrons. The number of oxime groups is 1. The molecule has 2 rings (SSSR count). The van der Waals surface area contributed by atoms with Gasteiger partial charge in [0.05, 0.1) is 0 Å². The highest BCUT2D eigenvalue weighted by Gasteiger charge is 2.02. The molecule has 0 spiro atoms. The van der Waals surface area contributed by atoms with Gasteiger partial charge in [0.2, 0.25) is 0 Å². The summed E-state index contributed by atoms with van der Waals surface area (Å²) in [6.45, 7) is 1.68. The van der Waals surface area contributed by atoms with Crippen LogP contribution in [0.4, 0.5) is 0 Å². The molecule has 1 heterocycles. The Morgan fingerprint density at radius 1 is 1.19 bits per heavy atom. The number of benzene rings is 1. The predicted molar refractivity (Wildman–Crippen MR) is 83.2 cm³/mol. The summed E-state index contributed by atoms with van der Waals surface area (Å²) in [5.74, 6) is 0.0286. The lowest BCUT2D eigenvalue weighted by molar-refractivity contribution is 0.318. The van der Waals surface area contributed by atoms with Crippen LogP contribution in [-0.4, -0.2) is 22.6 Å². The van der Waals surface area contributed by atoms with Crippen molar-refractivity contribution in [1.82, 2.24) is 10.3 Å². The number of nitrogens with one attached hydrogen (secondary N) is 1. The summed E-state index contributed by atoms with van der Waals surface area (Å²) in [7, 11) is 0. The van der Waals surface area contributed by atoms with E-state index >= 15 is 0 Å². The van der Waals surface area contributed by atoms with E-state index in [0.717, 1.165) is 31.5 Å². The van der Waals surface area contributed by atoms with E-state index < -0.39 is 0 Å². The first-order valence-corrected chi connectivity index (χ1v) is 6.97. The van der Waals surface area contributed by atoms with Gasteiger partial charge in [0, 0.05) is 12.7 Å². The monoisotopic (exact) mass is 284 g/mol. The largest absolute Gasteiger partial charge is 0.409 e. The molecule has 5 heteroatoms. The number of aryl methyl sites for hydroxylation is 1. The molecule has 0 atom stereocenters. The average molecular weight is 284 g/mol. The minimum absolute atomic E-state index is 0.0286. The predicted octanol–water partition coefficient (Wildman–Crippen LogP) is 1.90. The molecule has 0 saturated heterocycles. The first-order valence-electron chi connectivity index (χ1n) is 6.97. The molecule has 5 nitrogen and oxygen atoms in total. The van der Waals surface area contributed by atoms with Gasteiger partial charge in [0.25, 0.3) is 0 Å². The Morgan fingerprint density at radius 3 is 2.76 bits per heavy atom. The van der Waals surface area contributed by atoms with Crippen molar-refractivity contribution in [3.63, 3.8) is 0 Å². The Labute approximate surface area is 124 Å². The number of hydrogen-bond acceptors (Lipinski definition) is 4. The van der Waals surface area contributed by atoms with Crippen molar-refractivity contribution >= 4 is 5.84 Å². The summed E-state index contributed by atoms with van der Waals surface area (Å²) in [6.07, 6.45) is 3.82.